The molecule has 3 rings (SSSR count). The lowest BCUT2D eigenvalue weighted by Crippen LogP contribution is -2.31. The van der Waals surface area contributed by atoms with Gasteiger partial charge in [-0.15, -0.1) is 0 Å². The number of para-hydroxylation sites is 1. The zero-order valence-corrected chi connectivity index (χ0v) is 16.0. The van der Waals surface area contributed by atoms with Crippen LogP contribution in [0.25, 0.3) is 16.4 Å². The van der Waals surface area contributed by atoms with Gasteiger partial charge in [0.05, 0.1) is 29.4 Å². The minimum atomic E-state index is -0.323. The van der Waals surface area contributed by atoms with Crippen LogP contribution in [0.4, 0.5) is 0 Å². The number of rotatable bonds is 8. The third-order valence-corrected chi connectivity index (χ3v) is 4.41. The Morgan fingerprint density at radius 3 is 2.67 bits per heavy atom. The quantitative estimate of drug-likeness (QED) is 0.618. The first kappa shape index (κ1) is 19.2. The summed E-state index contributed by atoms with van der Waals surface area (Å²) >= 11 is 0. The van der Waals surface area contributed by atoms with E-state index in [9.17, 15) is 9.90 Å². The minimum Gasteiger partial charge on any atom is -0.487 e. The van der Waals surface area contributed by atoms with E-state index >= 15 is 0 Å². The van der Waals surface area contributed by atoms with Crippen molar-refractivity contribution in [3.8, 4) is 5.75 Å². The Kier molecular flexibility index (Phi) is 5.98. The summed E-state index contributed by atoms with van der Waals surface area (Å²) in [6.45, 7) is 2.91. The highest BCUT2D eigenvalue weighted by atomic mass is 16.5. The summed E-state index contributed by atoms with van der Waals surface area (Å²) in [5.41, 5.74) is 2.28. The van der Waals surface area contributed by atoms with Gasteiger partial charge in [-0.2, -0.15) is 0 Å². The molecule has 0 radical (unpaired) electrons. The number of hydrogen-bond donors (Lipinski definition) is 1. The number of nitrogens with zero attached hydrogens (tertiary/aromatic N) is 2. The van der Waals surface area contributed by atoms with Gasteiger partial charge < -0.3 is 23.9 Å². The van der Waals surface area contributed by atoms with Gasteiger partial charge in [0.15, 0.2) is 0 Å². The summed E-state index contributed by atoms with van der Waals surface area (Å²) in [7, 11) is 3.95. The van der Waals surface area contributed by atoms with Crippen LogP contribution in [0.3, 0.4) is 0 Å². The van der Waals surface area contributed by atoms with Crippen LogP contribution < -0.4 is 4.74 Å². The van der Waals surface area contributed by atoms with Gasteiger partial charge >= 0.3 is 5.97 Å². The van der Waals surface area contributed by atoms with Crippen LogP contribution in [0.1, 0.15) is 23.7 Å². The van der Waals surface area contributed by atoms with Gasteiger partial charge in [-0.3, -0.25) is 0 Å². The fraction of sp³-hybridized carbons (Fsp3) is 0.381. The van der Waals surface area contributed by atoms with Gasteiger partial charge in [0.25, 0.3) is 0 Å². The number of benzene rings is 1. The molecule has 0 bridgehead atoms. The van der Waals surface area contributed by atoms with Crippen LogP contribution in [0.5, 0.6) is 5.75 Å². The van der Waals surface area contributed by atoms with Crippen molar-refractivity contribution in [2.45, 2.75) is 19.4 Å². The molecule has 1 unspecified atom stereocenters. The molecule has 6 nitrogen and oxygen atoms in total. The highest BCUT2D eigenvalue weighted by Crippen LogP contribution is 2.29. The molecule has 0 saturated carbocycles. The third kappa shape index (κ3) is 4.07. The van der Waals surface area contributed by atoms with E-state index in [0.717, 1.165) is 16.4 Å². The van der Waals surface area contributed by atoms with Crippen molar-refractivity contribution in [2.75, 3.05) is 33.9 Å². The zero-order valence-electron chi connectivity index (χ0n) is 16.0. The molecule has 1 atom stereocenters. The Labute approximate surface area is 158 Å². The second kappa shape index (κ2) is 8.41. The maximum atomic E-state index is 12.5. The largest absolute Gasteiger partial charge is 0.487 e. The number of aromatic nitrogens is 1. The molecule has 27 heavy (non-hydrogen) atoms. The summed E-state index contributed by atoms with van der Waals surface area (Å²) in [6, 6.07) is 11.5. The Morgan fingerprint density at radius 2 is 1.96 bits per heavy atom. The molecule has 1 N–H and O–H groups in total. The first-order chi connectivity index (χ1) is 13.0. The molecule has 0 aliphatic heterocycles. The van der Waals surface area contributed by atoms with Crippen LogP contribution in [0.15, 0.2) is 42.6 Å². The van der Waals surface area contributed by atoms with E-state index < -0.39 is 0 Å². The van der Waals surface area contributed by atoms with E-state index in [1.807, 2.05) is 66.0 Å². The number of ether oxygens (including phenoxy) is 2. The first-order valence-electron chi connectivity index (χ1n) is 9.17. The summed E-state index contributed by atoms with van der Waals surface area (Å²) in [5, 5.41) is 10.2. The molecule has 0 spiro atoms. The van der Waals surface area contributed by atoms with Crippen molar-refractivity contribution >= 4 is 22.4 Å². The summed E-state index contributed by atoms with van der Waals surface area (Å²) in [4.78, 5) is 14.5. The molecule has 1 aromatic carbocycles. The Hall–Kier alpha value is -2.57. The fourth-order valence-electron chi connectivity index (χ4n) is 3.34. The Bertz CT molecular complexity index is 932. The van der Waals surface area contributed by atoms with Crippen LogP contribution in [-0.4, -0.2) is 60.3 Å². The lowest BCUT2D eigenvalue weighted by atomic mass is 10.1. The molecular weight excluding hydrogens is 344 g/mol. The van der Waals surface area contributed by atoms with Gasteiger partial charge in [-0.25, -0.2) is 4.79 Å². The SMILES string of the molecule is CCOC(=O)c1c2ccccc2n2cc(OC(CCO)CN(C)C)ccc12. The highest BCUT2D eigenvalue weighted by Gasteiger charge is 2.20. The van der Waals surface area contributed by atoms with E-state index in [1.54, 1.807) is 6.92 Å². The number of pyridine rings is 1. The topological polar surface area (TPSA) is 63.4 Å². The van der Waals surface area contributed by atoms with Gasteiger partial charge in [0.2, 0.25) is 0 Å². The Balaban J connectivity index is 2.04. The maximum absolute atomic E-state index is 12.5. The Morgan fingerprint density at radius 1 is 1.19 bits per heavy atom. The number of esters is 1. The number of aliphatic hydroxyl groups excluding tert-OH is 1. The summed E-state index contributed by atoms with van der Waals surface area (Å²) < 4.78 is 13.3. The van der Waals surface area contributed by atoms with Gasteiger partial charge in [0.1, 0.15) is 11.9 Å². The van der Waals surface area contributed by atoms with Crippen LogP contribution in [0.2, 0.25) is 0 Å². The monoisotopic (exact) mass is 370 g/mol. The van der Waals surface area contributed by atoms with E-state index in [4.69, 9.17) is 9.47 Å². The number of fused-ring (bicyclic) bond motifs is 3. The second-order valence-corrected chi connectivity index (χ2v) is 6.75. The number of carbonyl (C=O) groups is 1. The standard InChI is InChI=1S/C21H26N2O4/c1-4-26-21(25)20-17-7-5-6-8-18(17)23-14-15(9-10-19(20)23)27-16(11-12-24)13-22(2)3/h5-10,14,16,24H,4,11-13H2,1-3H3. The lowest BCUT2D eigenvalue weighted by Gasteiger charge is -2.22. The fourth-order valence-corrected chi connectivity index (χ4v) is 3.34. The van der Waals surface area contributed by atoms with E-state index in [1.165, 1.54) is 0 Å². The van der Waals surface area contributed by atoms with Crippen molar-refractivity contribution in [3.63, 3.8) is 0 Å². The number of aliphatic hydroxyl groups is 1. The molecule has 3 aromatic rings. The minimum absolute atomic E-state index is 0.0697. The number of carbonyl (C=O) groups excluding carboxylic acids is 1. The number of likely N-dealkylation sites (N-methyl/N-ethyl adjacent to an activating group) is 1. The van der Waals surface area contributed by atoms with Gasteiger partial charge in [-0.1, -0.05) is 18.2 Å². The summed E-state index contributed by atoms with van der Waals surface area (Å²) in [6.07, 6.45) is 2.32. The van der Waals surface area contributed by atoms with Crippen molar-refractivity contribution in [2.24, 2.45) is 0 Å². The average Bonchev–Trinajstić information content (AvgIpc) is 2.95. The van der Waals surface area contributed by atoms with Crippen molar-refractivity contribution < 1.29 is 19.4 Å². The van der Waals surface area contributed by atoms with Gasteiger partial charge in [0, 0.05) is 25.0 Å². The smallest absolute Gasteiger partial charge is 0.340 e. The predicted octanol–water partition coefficient (Wildman–Crippen LogP) is 2.96. The molecule has 2 heterocycles. The van der Waals surface area contributed by atoms with Crippen LogP contribution >= 0.6 is 0 Å². The van der Waals surface area contributed by atoms with Crippen molar-refractivity contribution in [1.82, 2.24) is 9.30 Å². The van der Waals surface area contributed by atoms with Crippen molar-refractivity contribution in [3.05, 3.63) is 48.2 Å². The zero-order chi connectivity index (χ0) is 19.4. The number of hydrogen-bond acceptors (Lipinski definition) is 5. The van der Waals surface area contributed by atoms with E-state index in [-0.39, 0.29) is 18.7 Å². The van der Waals surface area contributed by atoms with Crippen molar-refractivity contribution in [1.29, 1.82) is 0 Å². The molecule has 6 heteroatoms. The maximum Gasteiger partial charge on any atom is 0.340 e. The predicted molar refractivity (Wildman–Crippen MR) is 106 cm³/mol. The average molecular weight is 370 g/mol. The highest BCUT2D eigenvalue weighted by molar-refractivity contribution is 6.11. The molecule has 2 aromatic heterocycles. The van der Waals surface area contributed by atoms with E-state index in [0.29, 0.717) is 30.9 Å². The molecule has 0 aliphatic rings. The van der Waals surface area contributed by atoms with Gasteiger partial charge in [-0.05, 0) is 39.2 Å². The molecule has 0 fully saturated rings. The second-order valence-electron chi connectivity index (χ2n) is 6.75. The molecule has 0 aliphatic carbocycles. The van der Waals surface area contributed by atoms with Crippen LogP contribution in [0, 0.1) is 0 Å². The molecule has 0 saturated heterocycles. The molecule has 0 amide bonds. The normalized spacial score (nSPS) is 12.6. The van der Waals surface area contributed by atoms with E-state index in [2.05, 4.69) is 0 Å². The third-order valence-electron chi connectivity index (χ3n) is 4.41. The van der Waals surface area contributed by atoms with Crippen LogP contribution in [-0.2, 0) is 4.74 Å². The molecule has 144 valence electrons. The lowest BCUT2D eigenvalue weighted by molar-refractivity contribution is 0.0531. The molecular formula is C21H26N2O4. The summed E-state index contributed by atoms with van der Waals surface area (Å²) in [5.74, 6) is 0.370. The first-order valence-corrected chi connectivity index (χ1v) is 9.17.